The first-order chi connectivity index (χ1) is 10.5. The molecule has 0 saturated heterocycles. The van der Waals surface area contributed by atoms with Gasteiger partial charge >= 0.3 is 0 Å². The minimum atomic E-state index is -0.446. The molecule has 8 heteroatoms. The van der Waals surface area contributed by atoms with Crippen LogP contribution in [0.2, 0.25) is 0 Å². The Morgan fingerprint density at radius 1 is 1.45 bits per heavy atom. The number of dihydropyridines is 1. The van der Waals surface area contributed by atoms with Gasteiger partial charge in [-0.15, -0.1) is 0 Å². The highest BCUT2D eigenvalue weighted by atomic mass is 16.5. The van der Waals surface area contributed by atoms with Gasteiger partial charge in [0.15, 0.2) is 5.84 Å². The molecule has 0 aromatic heterocycles. The van der Waals surface area contributed by atoms with E-state index in [0.717, 1.165) is 0 Å². The first kappa shape index (κ1) is 17.3. The normalized spacial score (nSPS) is 16.0. The molecule has 0 spiro atoms. The Balaban J connectivity index is 2.90. The fraction of sp³-hybridized carbons (Fsp3) is 0.286. The fourth-order valence-corrected chi connectivity index (χ4v) is 1.57. The number of amides is 1. The van der Waals surface area contributed by atoms with Gasteiger partial charge in [-0.1, -0.05) is 6.08 Å². The van der Waals surface area contributed by atoms with E-state index in [1.807, 2.05) is 6.92 Å². The van der Waals surface area contributed by atoms with Crippen LogP contribution in [0.3, 0.4) is 0 Å². The zero-order valence-electron chi connectivity index (χ0n) is 12.6. The maximum atomic E-state index is 11.8. The van der Waals surface area contributed by atoms with Gasteiger partial charge in [0.25, 0.3) is 5.91 Å². The minimum Gasteiger partial charge on any atom is -0.384 e. The molecule has 0 aromatic carbocycles. The molecule has 0 fully saturated rings. The van der Waals surface area contributed by atoms with Crippen molar-refractivity contribution in [2.24, 2.45) is 10.7 Å². The molecule has 8 nitrogen and oxygen atoms in total. The van der Waals surface area contributed by atoms with E-state index < -0.39 is 5.91 Å². The fourth-order valence-electron chi connectivity index (χ4n) is 1.57. The molecule has 1 amide bonds. The Kier molecular flexibility index (Phi) is 6.71. The molecule has 0 unspecified atom stereocenters. The van der Waals surface area contributed by atoms with Crippen molar-refractivity contribution in [1.82, 2.24) is 10.6 Å². The number of hydrogen-bond acceptors (Lipinski definition) is 5. The smallest absolute Gasteiger partial charge is 0.267 e. The van der Waals surface area contributed by atoms with Crippen molar-refractivity contribution in [2.75, 3.05) is 13.3 Å². The second-order valence-corrected chi connectivity index (χ2v) is 4.25. The number of carbonyl (C=O) groups is 1. The molecule has 6 N–H and O–H groups in total. The Morgan fingerprint density at radius 3 is 2.73 bits per heavy atom. The summed E-state index contributed by atoms with van der Waals surface area (Å²) in [7, 11) is 0. The third-order valence-electron chi connectivity index (χ3n) is 2.63. The average Bonchev–Trinajstić information content (AvgIpc) is 2.48. The summed E-state index contributed by atoms with van der Waals surface area (Å²) in [5.41, 5.74) is 6.20. The summed E-state index contributed by atoms with van der Waals surface area (Å²) in [5, 5.41) is 21.0. The lowest BCUT2D eigenvalue weighted by molar-refractivity contribution is -0.116. The summed E-state index contributed by atoms with van der Waals surface area (Å²) in [5.74, 6) is -1.02. The number of nitrogens with two attached hydrogens (primary N) is 1. The highest BCUT2D eigenvalue weighted by Gasteiger charge is 2.15. The van der Waals surface area contributed by atoms with Crippen molar-refractivity contribution in [3.05, 3.63) is 35.7 Å². The van der Waals surface area contributed by atoms with Gasteiger partial charge in [-0.25, -0.2) is 4.99 Å². The van der Waals surface area contributed by atoms with Crippen LogP contribution in [-0.4, -0.2) is 36.6 Å². The van der Waals surface area contributed by atoms with Crippen molar-refractivity contribution < 1.29 is 9.53 Å². The lowest BCUT2D eigenvalue weighted by Gasteiger charge is -2.12. The van der Waals surface area contributed by atoms with Crippen molar-refractivity contribution >= 4 is 23.3 Å². The third kappa shape index (κ3) is 4.98. The van der Waals surface area contributed by atoms with E-state index in [1.165, 1.54) is 6.92 Å². The summed E-state index contributed by atoms with van der Waals surface area (Å²) in [6.07, 6.45) is 6.83. The van der Waals surface area contributed by atoms with Gasteiger partial charge in [0.05, 0.1) is 11.3 Å². The maximum absolute atomic E-state index is 11.8. The highest BCUT2D eigenvalue weighted by molar-refractivity contribution is 6.41. The number of hydrogen-bond donors (Lipinski definition) is 5. The molecule has 1 aliphatic heterocycles. The van der Waals surface area contributed by atoms with Crippen LogP contribution in [0.25, 0.3) is 0 Å². The molecule has 0 saturated carbocycles. The van der Waals surface area contributed by atoms with E-state index >= 15 is 0 Å². The minimum absolute atomic E-state index is 0.0747. The quantitative estimate of drug-likeness (QED) is 0.210. The van der Waals surface area contributed by atoms with E-state index in [-0.39, 0.29) is 29.7 Å². The van der Waals surface area contributed by atoms with Crippen molar-refractivity contribution in [1.29, 1.82) is 10.8 Å². The highest BCUT2D eigenvalue weighted by Crippen LogP contribution is 2.09. The van der Waals surface area contributed by atoms with Gasteiger partial charge in [0, 0.05) is 12.8 Å². The predicted molar refractivity (Wildman–Crippen MR) is 85.8 cm³/mol. The first-order valence-corrected chi connectivity index (χ1v) is 6.66. The van der Waals surface area contributed by atoms with E-state index in [4.69, 9.17) is 21.3 Å². The van der Waals surface area contributed by atoms with E-state index in [9.17, 15) is 4.79 Å². The molecule has 0 aliphatic carbocycles. The Hall–Kier alpha value is -2.74. The monoisotopic (exact) mass is 304 g/mol. The summed E-state index contributed by atoms with van der Waals surface area (Å²) < 4.78 is 5.01. The van der Waals surface area contributed by atoms with Crippen LogP contribution in [0.15, 0.2) is 40.7 Å². The van der Waals surface area contributed by atoms with Crippen molar-refractivity contribution in [3.63, 3.8) is 0 Å². The number of allylic oxidation sites excluding steroid dienone is 3. The SMILES string of the molecule is CCOCNC(=O)C(C)=NC(=N)C(C(=N)N)=C1C=CC=CN1. The van der Waals surface area contributed by atoms with Crippen LogP contribution < -0.4 is 16.4 Å². The number of aliphatic imine (C=N–C) groups is 1. The van der Waals surface area contributed by atoms with Gasteiger partial charge in [0.1, 0.15) is 18.3 Å². The van der Waals surface area contributed by atoms with E-state index in [1.54, 1.807) is 24.4 Å². The summed E-state index contributed by atoms with van der Waals surface area (Å²) in [6.45, 7) is 3.85. The standard InChI is InChI=1S/C14H20N6O2/c1-3-22-8-19-14(21)9(2)20-13(17)11(12(15)16)10-6-4-5-7-18-10/h4-7,17-18H,3,8H2,1-2H3,(H3,15,16)(H,19,21). The van der Waals surface area contributed by atoms with Crippen LogP contribution in [0, 0.1) is 10.8 Å². The predicted octanol–water partition coefficient (Wildman–Crippen LogP) is 0.398. The zero-order chi connectivity index (χ0) is 16.5. The molecule has 0 radical (unpaired) electrons. The average molecular weight is 304 g/mol. The van der Waals surface area contributed by atoms with E-state index in [0.29, 0.717) is 12.3 Å². The van der Waals surface area contributed by atoms with Crippen LogP contribution >= 0.6 is 0 Å². The van der Waals surface area contributed by atoms with Gasteiger partial charge in [-0.2, -0.15) is 0 Å². The van der Waals surface area contributed by atoms with Crippen LogP contribution in [-0.2, 0) is 9.53 Å². The lowest BCUT2D eigenvalue weighted by atomic mass is 10.1. The summed E-state index contributed by atoms with van der Waals surface area (Å²) >= 11 is 0. The molecular formula is C14H20N6O2. The molecule has 0 atom stereocenters. The van der Waals surface area contributed by atoms with Gasteiger partial charge in [-0.3, -0.25) is 15.6 Å². The Labute approximate surface area is 128 Å². The first-order valence-electron chi connectivity index (χ1n) is 6.66. The topological polar surface area (TPSA) is 136 Å². The number of carbonyl (C=O) groups excluding carboxylic acids is 1. The Morgan fingerprint density at radius 2 is 2.18 bits per heavy atom. The number of nitrogens with one attached hydrogen (secondary N) is 4. The largest absolute Gasteiger partial charge is 0.384 e. The molecule has 1 rings (SSSR count). The second-order valence-electron chi connectivity index (χ2n) is 4.25. The van der Waals surface area contributed by atoms with Gasteiger partial charge < -0.3 is 21.1 Å². The zero-order valence-corrected chi connectivity index (χ0v) is 12.6. The molecule has 22 heavy (non-hydrogen) atoms. The molecule has 118 valence electrons. The van der Waals surface area contributed by atoms with E-state index in [2.05, 4.69) is 15.6 Å². The number of nitrogens with zero attached hydrogens (tertiary/aromatic N) is 1. The number of rotatable bonds is 6. The summed E-state index contributed by atoms with van der Waals surface area (Å²) in [6, 6.07) is 0. The summed E-state index contributed by atoms with van der Waals surface area (Å²) in [4.78, 5) is 15.7. The van der Waals surface area contributed by atoms with Gasteiger partial charge in [0.2, 0.25) is 0 Å². The molecule has 1 aliphatic rings. The van der Waals surface area contributed by atoms with Crippen molar-refractivity contribution in [3.8, 4) is 0 Å². The maximum Gasteiger partial charge on any atom is 0.267 e. The number of ether oxygens (including phenoxy) is 1. The Bertz CT molecular complexity index is 586. The molecule has 1 heterocycles. The van der Waals surface area contributed by atoms with Crippen LogP contribution in [0.5, 0.6) is 0 Å². The lowest BCUT2D eigenvalue weighted by Crippen LogP contribution is -2.32. The molecular weight excluding hydrogens is 284 g/mol. The van der Waals surface area contributed by atoms with Crippen molar-refractivity contribution in [2.45, 2.75) is 13.8 Å². The van der Waals surface area contributed by atoms with Crippen LogP contribution in [0.1, 0.15) is 13.8 Å². The number of amidine groups is 2. The molecule has 0 bridgehead atoms. The second kappa shape index (κ2) is 8.53. The molecule has 0 aromatic rings. The third-order valence-corrected chi connectivity index (χ3v) is 2.63. The van der Waals surface area contributed by atoms with Crippen LogP contribution in [0.4, 0.5) is 0 Å². The van der Waals surface area contributed by atoms with Gasteiger partial charge in [-0.05, 0) is 26.0 Å².